The second-order valence-electron chi connectivity index (χ2n) is 2.95. The van der Waals surface area contributed by atoms with Crippen LogP contribution in [-0.4, -0.2) is 81.4 Å². The molecule has 0 atom stereocenters. The summed E-state index contributed by atoms with van der Waals surface area (Å²) in [6, 6.07) is 0. The molecule has 0 radical (unpaired) electrons. The molecule has 0 aromatic rings. The van der Waals surface area contributed by atoms with Crippen molar-refractivity contribution in [2.75, 3.05) is 0 Å². The Balaban J connectivity index is -0.00000128. The molecule has 0 amide bonds. The van der Waals surface area contributed by atoms with E-state index in [0.717, 1.165) is 0 Å². The maximum absolute atomic E-state index is 10.7. The van der Waals surface area contributed by atoms with Crippen molar-refractivity contribution in [3.05, 3.63) is 0 Å². The molecule has 0 aromatic carbocycles. The maximum Gasteiger partial charge on any atom is 0 e. The molecule has 0 fully saturated rings. The second-order valence-corrected chi connectivity index (χ2v) is 3.97. The molecule has 104 valence electrons. The Morgan fingerprint density at radius 1 is 1.00 bits per heavy atom. The van der Waals surface area contributed by atoms with Gasteiger partial charge in [-0.25, -0.2) is 8.98 Å². The minimum Gasteiger partial charge on any atom is 0 e. The Morgan fingerprint density at radius 2 is 1.32 bits per heavy atom. The Bertz CT molecular complexity index is 429. The van der Waals surface area contributed by atoms with Crippen molar-refractivity contribution in [2.45, 2.75) is 18.4 Å². The summed E-state index contributed by atoms with van der Waals surface area (Å²) in [6.45, 7) is 0. The molecule has 19 heavy (non-hydrogen) atoms. The fraction of sp³-hybridized carbons (Fsp3) is 0.500. The van der Waals surface area contributed by atoms with E-state index in [4.69, 9.17) is 19.9 Å². The van der Waals surface area contributed by atoms with Crippen LogP contribution in [0.3, 0.4) is 0 Å². The number of rotatable bonds is 7. The van der Waals surface area contributed by atoms with Gasteiger partial charge in [-0.3, -0.25) is 14.1 Å². The first kappa shape index (κ1) is 24.2. The van der Waals surface area contributed by atoms with E-state index in [1.807, 2.05) is 0 Å². The van der Waals surface area contributed by atoms with Crippen molar-refractivity contribution in [3.8, 4) is 0 Å². The molecular weight excluding hydrogens is 378 g/mol. The van der Waals surface area contributed by atoms with Crippen LogP contribution < -0.4 is 0 Å². The molecule has 0 aromatic heterocycles. The molecule has 10 nitrogen and oxygen atoms in total. The molecule has 4 N–H and O–H groups in total. The molecule has 0 unspecified atom stereocenters. The van der Waals surface area contributed by atoms with Crippen molar-refractivity contribution in [3.63, 3.8) is 0 Å². The van der Waals surface area contributed by atoms with Crippen LogP contribution in [0.4, 0.5) is 0 Å². The zero-order chi connectivity index (χ0) is 13.9. The van der Waals surface area contributed by atoms with Gasteiger partial charge in [0.1, 0.15) is 0 Å². The summed E-state index contributed by atoms with van der Waals surface area (Å²) < 4.78 is 32.8. The van der Waals surface area contributed by atoms with Crippen LogP contribution >= 0.6 is 0 Å². The van der Waals surface area contributed by atoms with E-state index in [1.165, 1.54) is 0 Å². The molecule has 0 saturated heterocycles. The molecule has 0 rings (SSSR count). The Morgan fingerprint density at radius 3 is 1.47 bits per heavy atom. The summed E-state index contributed by atoms with van der Waals surface area (Å²) >= 11 is 0. The van der Waals surface area contributed by atoms with E-state index >= 15 is 0 Å². The molecule has 13 heteroatoms. The van der Waals surface area contributed by atoms with Gasteiger partial charge in [0.25, 0.3) is 0 Å². The number of carboxylic acids is 3. The molecule has 0 bridgehead atoms. The number of aliphatic carboxylic acids is 3. The van der Waals surface area contributed by atoms with Gasteiger partial charge in [0, 0.05) is 26.2 Å². The summed E-state index contributed by atoms with van der Waals surface area (Å²) in [5.41, 5.74) is -3.09. The first-order valence-electron chi connectivity index (χ1n) is 3.83. The average Bonchev–Trinajstić information content (AvgIpc) is 1.96. The third kappa shape index (κ3) is 9.66. The molecule has 0 spiro atoms. The van der Waals surface area contributed by atoms with E-state index in [9.17, 15) is 22.8 Å². The third-order valence-electron chi connectivity index (χ3n) is 1.53. The number of carbonyl (C=O) groups is 3. The van der Waals surface area contributed by atoms with Crippen molar-refractivity contribution < 1.29 is 73.1 Å². The predicted octanol–water partition coefficient (Wildman–Crippen LogP) is -2.07. The number of hydrogen-bond donors (Lipinski definition) is 4. The van der Waals surface area contributed by atoms with Gasteiger partial charge >= 0.3 is 57.9 Å². The molecule has 0 aliphatic carbocycles. The van der Waals surface area contributed by atoms with E-state index in [0.29, 0.717) is 0 Å². The van der Waals surface area contributed by atoms with E-state index < -0.39 is 46.7 Å². The summed E-state index contributed by atoms with van der Waals surface area (Å²) in [4.78, 5) is 31.5. The zero-order valence-electron chi connectivity index (χ0n) is 8.56. The minimum absolute atomic E-state index is 0. The van der Waals surface area contributed by atoms with Crippen molar-refractivity contribution in [1.82, 2.24) is 0 Å². The van der Waals surface area contributed by atoms with Crippen molar-refractivity contribution in [1.29, 1.82) is 0 Å². The van der Waals surface area contributed by atoms with E-state index in [2.05, 4.69) is 4.18 Å². The molecule has 0 aliphatic heterocycles. The maximum atomic E-state index is 10.7. The smallest absolute Gasteiger partial charge is 0 e. The fourth-order valence-electron chi connectivity index (χ4n) is 0.998. The first-order valence-corrected chi connectivity index (χ1v) is 5.20. The zero-order valence-corrected chi connectivity index (χ0v) is 11.8. The van der Waals surface area contributed by atoms with Gasteiger partial charge in [-0.05, 0) is 0 Å². The predicted molar refractivity (Wildman–Crippen MR) is 54.7 cm³/mol. The number of hydrogen-bond acceptors (Lipinski definition) is 6. The first-order chi connectivity index (χ1) is 7.48. The van der Waals surface area contributed by atoms with Gasteiger partial charge < -0.3 is 15.3 Å². The van der Waals surface area contributed by atoms with Gasteiger partial charge in [0.05, 0.1) is 12.8 Å². The standard InChI is InChI=1S/C6H8O10S.Na.Zr.H/c7-3(8)1-6(5(11)12,2-4(9)10)16-17(13,14)15;;;/h1-2H2,(H,7,8)(H,9,10)(H,11,12)(H,13,14,15);;;. The van der Waals surface area contributed by atoms with Crippen LogP contribution in [0.25, 0.3) is 0 Å². The van der Waals surface area contributed by atoms with Crippen LogP contribution in [0.2, 0.25) is 0 Å². The van der Waals surface area contributed by atoms with Crippen LogP contribution in [0.15, 0.2) is 0 Å². The van der Waals surface area contributed by atoms with Crippen LogP contribution in [0.5, 0.6) is 0 Å². The van der Waals surface area contributed by atoms with Crippen molar-refractivity contribution in [2.24, 2.45) is 0 Å². The summed E-state index contributed by atoms with van der Waals surface area (Å²) in [7, 11) is -5.33. The van der Waals surface area contributed by atoms with Gasteiger partial charge in [-0.15, -0.1) is 0 Å². The van der Waals surface area contributed by atoms with Crippen molar-refractivity contribution >= 4 is 57.9 Å². The minimum atomic E-state index is -5.33. The molecule has 0 heterocycles. The van der Waals surface area contributed by atoms with Crippen LogP contribution in [0.1, 0.15) is 12.8 Å². The monoisotopic (exact) mass is 386 g/mol. The molecular formula is C6H9NaO10SZr. The number of carboxylic acid groups (broad SMARTS) is 3. The summed E-state index contributed by atoms with van der Waals surface area (Å²) in [5, 5.41) is 25.4. The summed E-state index contributed by atoms with van der Waals surface area (Å²) in [6.07, 6.45) is -2.90. The van der Waals surface area contributed by atoms with E-state index in [1.54, 1.807) is 0 Å². The fourth-order valence-corrected chi connectivity index (χ4v) is 1.59. The molecule has 0 aliphatic rings. The Hall–Kier alpha value is 0.163. The Kier molecular flexibility index (Phi) is 11.7. The Labute approximate surface area is 148 Å². The van der Waals surface area contributed by atoms with Gasteiger partial charge in [-0.1, -0.05) is 0 Å². The van der Waals surface area contributed by atoms with Gasteiger partial charge in [0.2, 0.25) is 5.60 Å². The quantitative estimate of drug-likeness (QED) is 0.280. The summed E-state index contributed by atoms with van der Waals surface area (Å²) in [5.74, 6) is -5.76. The largest absolute Gasteiger partial charge is 0 e. The molecule has 0 saturated carbocycles. The average molecular weight is 387 g/mol. The normalized spacial score (nSPS) is 10.8. The van der Waals surface area contributed by atoms with E-state index in [-0.39, 0.29) is 55.8 Å². The van der Waals surface area contributed by atoms with Crippen LogP contribution in [0, 0.1) is 0 Å². The SMILES string of the molecule is O=C(O)CC(CC(=O)O)(OS(=O)(=O)O)C(=O)O.[NaH].[Zr]. The topological polar surface area (TPSA) is 175 Å². The van der Waals surface area contributed by atoms with Gasteiger partial charge in [-0.2, -0.15) is 8.42 Å². The van der Waals surface area contributed by atoms with Gasteiger partial charge in [0.15, 0.2) is 0 Å². The third-order valence-corrected chi connectivity index (χ3v) is 2.06. The van der Waals surface area contributed by atoms with Crippen LogP contribution in [-0.2, 0) is 55.2 Å². The second kappa shape index (κ2) is 9.16.